The van der Waals surface area contributed by atoms with Gasteiger partial charge in [0.15, 0.2) is 5.54 Å². The van der Waals surface area contributed by atoms with Crippen LogP contribution >= 0.6 is 0 Å². The molecule has 0 spiro atoms. The maximum Gasteiger partial charge on any atom is 0.418 e. The number of rotatable bonds is 2. The summed E-state index contributed by atoms with van der Waals surface area (Å²) in [6.07, 6.45) is -0.913. The summed E-state index contributed by atoms with van der Waals surface area (Å²) >= 11 is 0. The van der Waals surface area contributed by atoms with Crippen LogP contribution in [0.15, 0.2) is 12.2 Å². The molecule has 0 aromatic carbocycles. The van der Waals surface area contributed by atoms with Gasteiger partial charge >= 0.3 is 12.1 Å². The predicted molar refractivity (Wildman–Crippen MR) is 67.5 cm³/mol. The molecule has 0 saturated carbocycles. The van der Waals surface area contributed by atoms with Crippen LogP contribution in [0.3, 0.4) is 0 Å². The van der Waals surface area contributed by atoms with Crippen molar-refractivity contribution in [2.45, 2.75) is 51.7 Å². The van der Waals surface area contributed by atoms with Crippen LogP contribution in [0.1, 0.15) is 40.5 Å². The van der Waals surface area contributed by atoms with E-state index in [1.807, 2.05) is 0 Å². The number of hydrogen-bond acceptors (Lipinski definition) is 4. The quantitative estimate of drug-likeness (QED) is 0.774. The molecule has 19 heavy (non-hydrogen) atoms. The molecule has 1 atom stereocenters. The molecule has 1 aliphatic heterocycles. The number of imide groups is 1. The van der Waals surface area contributed by atoms with Crippen molar-refractivity contribution in [3.63, 3.8) is 0 Å². The maximum absolute atomic E-state index is 12.1. The summed E-state index contributed by atoms with van der Waals surface area (Å²) in [5.74, 6) is -1.91. The van der Waals surface area contributed by atoms with Gasteiger partial charge in [0, 0.05) is 12.0 Å². The maximum atomic E-state index is 12.1. The van der Waals surface area contributed by atoms with Gasteiger partial charge in [0.25, 0.3) is 5.91 Å². The van der Waals surface area contributed by atoms with E-state index in [9.17, 15) is 19.5 Å². The lowest BCUT2D eigenvalue weighted by Crippen LogP contribution is -2.55. The molecule has 2 amide bonds. The number of hydrogen-bond donors (Lipinski definition) is 1. The minimum atomic E-state index is -1.59. The molecule has 0 aliphatic carbocycles. The fourth-order valence-electron chi connectivity index (χ4n) is 2.03. The second kappa shape index (κ2) is 4.68. The Kier molecular flexibility index (Phi) is 3.74. The Morgan fingerprint density at radius 2 is 2.00 bits per heavy atom. The van der Waals surface area contributed by atoms with Gasteiger partial charge in [-0.05, 0) is 27.2 Å². The SMILES string of the molecule is C=C1C[C@@](CC)(C(=O)O)N(C(=O)OC(C)(C)C)C1=O. The van der Waals surface area contributed by atoms with Crippen molar-refractivity contribution >= 4 is 18.0 Å². The van der Waals surface area contributed by atoms with E-state index >= 15 is 0 Å². The second-order valence-corrected chi connectivity index (χ2v) is 5.59. The van der Waals surface area contributed by atoms with Gasteiger partial charge < -0.3 is 9.84 Å². The van der Waals surface area contributed by atoms with Gasteiger partial charge in [-0.2, -0.15) is 0 Å². The molecule has 1 aliphatic rings. The number of carboxylic acid groups (broad SMARTS) is 1. The largest absolute Gasteiger partial charge is 0.479 e. The van der Waals surface area contributed by atoms with Gasteiger partial charge in [0.1, 0.15) is 5.60 Å². The van der Waals surface area contributed by atoms with Crippen LogP contribution < -0.4 is 0 Å². The number of nitrogens with zero attached hydrogens (tertiary/aromatic N) is 1. The zero-order chi connectivity index (χ0) is 15.0. The molecule has 1 rings (SSSR count). The van der Waals surface area contributed by atoms with E-state index in [2.05, 4.69) is 6.58 Å². The molecule has 6 nitrogen and oxygen atoms in total. The molecule has 106 valence electrons. The number of ether oxygens (including phenoxy) is 1. The van der Waals surface area contributed by atoms with Crippen molar-refractivity contribution in [2.24, 2.45) is 0 Å². The number of aliphatic carboxylic acids is 1. The van der Waals surface area contributed by atoms with E-state index in [-0.39, 0.29) is 18.4 Å². The van der Waals surface area contributed by atoms with Crippen molar-refractivity contribution < 1.29 is 24.2 Å². The van der Waals surface area contributed by atoms with Crippen LogP contribution in [0.2, 0.25) is 0 Å². The molecular formula is C13H19NO5. The highest BCUT2D eigenvalue weighted by atomic mass is 16.6. The molecule has 1 fully saturated rings. The number of likely N-dealkylation sites (tertiary alicyclic amines) is 1. The summed E-state index contributed by atoms with van der Waals surface area (Å²) in [5, 5.41) is 9.37. The highest BCUT2D eigenvalue weighted by Gasteiger charge is 2.56. The Labute approximate surface area is 112 Å². The van der Waals surface area contributed by atoms with E-state index in [4.69, 9.17) is 4.74 Å². The lowest BCUT2D eigenvalue weighted by molar-refractivity contribution is -0.153. The van der Waals surface area contributed by atoms with Gasteiger partial charge in [-0.1, -0.05) is 13.5 Å². The van der Waals surface area contributed by atoms with E-state index in [1.165, 1.54) is 0 Å². The van der Waals surface area contributed by atoms with Crippen molar-refractivity contribution in [3.05, 3.63) is 12.2 Å². The highest BCUT2D eigenvalue weighted by molar-refractivity contribution is 6.10. The van der Waals surface area contributed by atoms with Crippen LogP contribution in [0.25, 0.3) is 0 Å². The van der Waals surface area contributed by atoms with Crippen LogP contribution in [0.5, 0.6) is 0 Å². The first-order valence-corrected chi connectivity index (χ1v) is 6.04. The van der Waals surface area contributed by atoms with E-state index in [1.54, 1.807) is 27.7 Å². The molecule has 0 bridgehead atoms. The first-order valence-electron chi connectivity index (χ1n) is 6.04. The third kappa shape index (κ3) is 2.62. The molecule has 1 N–H and O–H groups in total. The molecular weight excluding hydrogens is 250 g/mol. The fourth-order valence-corrected chi connectivity index (χ4v) is 2.03. The molecule has 6 heteroatoms. The topological polar surface area (TPSA) is 83.9 Å². The number of amides is 2. The molecule has 0 aromatic heterocycles. The summed E-state index contributed by atoms with van der Waals surface area (Å²) in [6, 6.07) is 0. The lowest BCUT2D eigenvalue weighted by atomic mass is 9.92. The molecule has 0 unspecified atom stereocenters. The summed E-state index contributed by atoms with van der Waals surface area (Å²) in [5.41, 5.74) is -2.29. The Morgan fingerprint density at radius 1 is 1.47 bits per heavy atom. The average molecular weight is 269 g/mol. The normalized spacial score (nSPS) is 23.7. The zero-order valence-electron chi connectivity index (χ0n) is 11.6. The van der Waals surface area contributed by atoms with Crippen LogP contribution in [-0.4, -0.2) is 39.1 Å². The van der Waals surface area contributed by atoms with Gasteiger partial charge in [-0.15, -0.1) is 0 Å². The molecule has 1 heterocycles. The molecule has 0 aromatic rings. The standard InChI is InChI=1S/C13H19NO5/c1-6-13(10(16)17)7-8(2)9(15)14(13)11(18)19-12(3,4)5/h2,6-7H2,1,3-5H3,(H,16,17)/t13-/m0/s1. The Hall–Kier alpha value is -1.85. The third-order valence-corrected chi connectivity index (χ3v) is 3.00. The third-order valence-electron chi connectivity index (χ3n) is 3.00. The minimum Gasteiger partial charge on any atom is -0.479 e. The van der Waals surface area contributed by atoms with Gasteiger partial charge in [-0.25, -0.2) is 14.5 Å². The number of carbonyl (C=O) groups is 3. The van der Waals surface area contributed by atoms with Crippen molar-refractivity contribution in [3.8, 4) is 0 Å². The van der Waals surface area contributed by atoms with Crippen molar-refractivity contribution in [1.29, 1.82) is 0 Å². The summed E-state index contributed by atoms with van der Waals surface area (Å²) in [4.78, 5) is 36.2. The first kappa shape index (κ1) is 15.2. The van der Waals surface area contributed by atoms with Crippen LogP contribution in [-0.2, 0) is 14.3 Å². The highest BCUT2D eigenvalue weighted by Crippen LogP contribution is 2.37. The summed E-state index contributed by atoms with van der Waals surface area (Å²) in [6.45, 7) is 10.1. The van der Waals surface area contributed by atoms with Crippen LogP contribution in [0, 0.1) is 0 Å². The predicted octanol–water partition coefficient (Wildman–Crippen LogP) is 1.94. The average Bonchev–Trinajstić information content (AvgIpc) is 2.50. The fraction of sp³-hybridized carbons (Fsp3) is 0.615. The van der Waals surface area contributed by atoms with E-state index < -0.39 is 29.1 Å². The molecule has 0 radical (unpaired) electrons. The first-order chi connectivity index (χ1) is 8.55. The molecule has 1 saturated heterocycles. The number of carbonyl (C=O) groups excluding carboxylic acids is 2. The number of carboxylic acids is 1. The monoisotopic (exact) mass is 269 g/mol. The van der Waals surface area contributed by atoms with E-state index in [0.717, 1.165) is 0 Å². The van der Waals surface area contributed by atoms with Gasteiger partial charge in [0.2, 0.25) is 0 Å². The van der Waals surface area contributed by atoms with Gasteiger partial charge in [-0.3, -0.25) is 4.79 Å². The van der Waals surface area contributed by atoms with Gasteiger partial charge in [0.05, 0.1) is 0 Å². The smallest absolute Gasteiger partial charge is 0.418 e. The van der Waals surface area contributed by atoms with E-state index in [0.29, 0.717) is 4.90 Å². The zero-order valence-corrected chi connectivity index (χ0v) is 11.6. The Morgan fingerprint density at radius 3 is 2.37 bits per heavy atom. The minimum absolute atomic E-state index is 0.0725. The summed E-state index contributed by atoms with van der Waals surface area (Å²) in [7, 11) is 0. The van der Waals surface area contributed by atoms with Crippen molar-refractivity contribution in [2.75, 3.05) is 0 Å². The van der Waals surface area contributed by atoms with Crippen LogP contribution in [0.4, 0.5) is 4.79 Å². The second-order valence-electron chi connectivity index (χ2n) is 5.59. The summed E-state index contributed by atoms with van der Waals surface area (Å²) < 4.78 is 5.11. The van der Waals surface area contributed by atoms with Crippen molar-refractivity contribution in [1.82, 2.24) is 4.90 Å². The Bertz CT molecular complexity index is 448. The lowest BCUT2D eigenvalue weighted by Gasteiger charge is -2.33. The Balaban J connectivity index is 3.19.